The number of pyridine rings is 1. The van der Waals surface area contributed by atoms with Gasteiger partial charge >= 0.3 is 6.03 Å². The molecular weight excluding hydrogens is 344 g/mol. The molecular formula is C19H28N6O2. The molecule has 1 fully saturated rings. The molecule has 0 aliphatic carbocycles. The van der Waals surface area contributed by atoms with Crippen LogP contribution in [0.5, 0.6) is 0 Å². The molecule has 1 aromatic heterocycles. The highest BCUT2D eigenvalue weighted by atomic mass is 16.2. The van der Waals surface area contributed by atoms with Crippen LogP contribution in [0.1, 0.15) is 45.6 Å². The number of rotatable bonds is 8. The standard InChI is InChI=1S/C19H28N6O2/c1-4-9-20-14-8-7-13(12-21-14)16-22-15-17(23-16)24(10-5-2)19(27)25(11-6-3)18(15)26/h7-8,12,15,17H,4-6,9-11H2,1-3H3,(H,20,21)(H,22,23). The number of carbonyl (C=O) groups is 2. The van der Waals surface area contributed by atoms with Crippen LogP contribution >= 0.6 is 0 Å². The van der Waals surface area contributed by atoms with E-state index < -0.39 is 12.2 Å². The van der Waals surface area contributed by atoms with Gasteiger partial charge in [-0.15, -0.1) is 0 Å². The third kappa shape index (κ3) is 3.74. The van der Waals surface area contributed by atoms with Crippen molar-refractivity contribution in [2.24, 2.45) is 4.99 Å². The minimum absolute atomic E-state index is 0.202. The highest BCUT2D eigenvalue weighted by molar-refractivity contribution is 6.08. The molecule has 2 aliphatic heterocycles. The molecule has 0 spiro atoms. The Kier molecular flexibility index (Phi) is 5.93. The van der Waals surface area contributed by atoms with Crippen LogP contribution in [0.2, 0.25) is 0 Å². The molecule has 0 bridgehead atoms. The molecule has 1 saturated heterocycles. The van der Waals surface area contributed by atoms with E-state index in [4.69, 9.17) is 0 Å². The van der Waals surface area contributed by atoms with Crippen molar-refractivity contribution in [2.45, 2.75) is 52.2 Å². The molecule has 2 unspecified atom stereocenters. The Balaban J connectivity index is 1.83. The molecule has 146 valence electrons. The van der Waals surface area contributed by atoms with Crippen LogP contribution in [0.15, 0.2) is 23.3 Å². The molecule has 8 nitrogen and oxygen atoms in total. The number of amides is 3. The second kappa shape index (κ2) is 8.37. The number of nitrogens with one attached hydrogen (secondary N) is 2. The van der Waals surface area contributed by atoms with Crippen LogP contribution in [0.3, 0.4) is 0 Å². The Morgan fingerprint density at radius 2 is 1.89 bits per heavy atom. The molecule has 1 aromatic rings. The van der Waals surface area contributed by atoms with E-state index >= 15 is 0 Å². The van der Waals surface area contributed by atoms with Gasteiger partial charge in [0.25, 0.3) is 5.91 Å². The molecule has 0 aromatic carbocycles. The zero-order valence-electron chi connectivity index (χ0n) is 16.2. The van der Waals surface area contributed by atoms with Crippen molar-refractivity contribution in [2.75, 3.05) is 25.0 Å². The molecule has 0 saturated carbocycles. The second-order valence-corrected chi connectivity index (χ2v) is 6.84. The first kappa shape index (κ1) is 19.1. The molecule has 0 radical (unpaired) electrons. The van der Waals surface area contributed by atoms with Gasteiger partial charge in [-0.3, -0.25) is 14.6 Å². The fourth-order valence-corrected chi connectivity index (χ4v) is 3.38. The lowest BCUT2D eigenvalue weighted by Gasteiger charge is -2.40. The lowest BCUT2D eigenvalue weighted by molar-refractivity contribution is -0.134. The Hall–Kier alpha value is -2.64. The van der Waals surface area contributed by atoms with E-state index in [-0.39, 0.29) is 11.9 Å². The highest BCUT2D eigenvalue weighted by Gasteiger charge is 2.49. The fourth-order valence-electron chi connectivity index (χ4n) is 3.38. The van der Waals surface area contributed by atoms with Crippen molar-refractivity contribution in [1.29, 1.82) is 0 Å². The SMILES string of the molecule is CCCNc1ccc(C2=NC3C(N2)C(=O)N(CCC)C(=O)N3CCC)cn1. The number of nitrogens with zero attached hydrogens (tertiary/aromatic N) is 4. The Morgan fingerprint density at radius 3 is 2.52 bits per heavy atom. The van der Waals surface area contributed by atoms with Crippen LogP contribution in [0.25, 0.3) is 0 Å². The normalized spacial score (nSPS) is 21.8. The predicted molar refractivity (Wildman–Crippen MR) is 105 cm³/mol. The number of amidine groups is 1. The third-order valence-electron chi connectivity index (χ3n) is 4.68. The summed E-state index contributed by atoms with van der Waals surface area (Å²) in [5.41, 5.74) is 0.810. The first-order chi connectivity index (χ1) is 13.1. The van der Waals surface area contributed by atoms with E-state index in [9.17, 15) is 9.59 Å². The molecule has 2 atom stereocenters. The second-order valence-electron chi connectivity index (χ2n) is 6.84. The zero-order chi connectivity index (χ0) is 19.4. The quantitative estimate of drug-likeness (QED) is 0.729. The number of carbonyl (C=O) groups excluding carboxylic acids is 2. The lowest BCUT2D eigenvalue weighted by Crippen LogP contribution is -2.65. The average molecular weight is 372 g/mol. The largest absolute Gasteiger partial charge is 0.370 e. The molecule has 3 amide bonds. The van der Waals surface area contributed by atoms with E-state index in [1.54, 1.807) is 11.1 Å². The van der Waals surface area contributed by atoms with Gasteiger partial charge in [0.1, 0.15) is 17.7 Å². The average Bonchev–Trinajstić information content (AvgIpc) is 3.13. The third-order valence-corrected chi connectivity index (χ3v) is 4.68. The van der Waals surface area contributed by atoms with Gasteiger partial charge in [-0.05, 0) is 31.4 Å². The van der Waals surface area contributed by atoms with Crippen molar-refractivity contribution in [3.8, 4) is 0 Å². The summed E-state index contributed by atoms with van der Waals surface area (Å²) in [6.07, 6.45) is 3.82. The maximum Gasteiger partial charge on any atom is 0.328 e. The van der Waals surface area contributed by atoms with Crippen molar-refractivity contribution < 1.29 is 9.59 Å². The van der Waals surface area contributed by atoms with Crippen LogP contribution in [-0.4, -0.2) is 64.4 Å². The Bertz CT molecular complexity index is 717. The van der Waals surface area contributed by atoms with Gasteiger partial charge in [0, 0.05) is 31.4 Å². The maximum atomic E-state index is 12.8. The molecule has 3 rings (SSSR count). The number of anilines is 1. The van der Waals surface area contributed by atoms with E-state index in [0.29, 0.717) is 18.9 Å². The number of fused-ring (bicyclic) bond motifs is 1. The van der Waals surface area contributed by atoms with E-state index in [1.807, 2.05) is 26.0 Å². The van der Waals surface area contributed by atoms with Gasteiger partial charge in [0.05, 0.1) is 0 Å². The van der Waals surface area contributed by atoms with Crippen LogP contribution < -0.4 is 10.6 Å². The lowest BCUT2D eigenvalue weighted by atomic mass is 10.1. The van der Waals surface area contributed by atoms with Gasteiger partial charge in [0.2, 0.25) is 0 Å². The summed E-state index contributed by atoms with van der Waals surface area (Å²) in [7, 11) is 0. The molecule has 2 N–H and O–H groups in total. The number of hydrogen-bond donors (Lipinski definition) is 2. The first-order valence-electron chi connectivity index (χ1n) is 9.77. The summed E-state index contributed by atoms with van der Waals surface area (Å²) >= 11 is 0. The van der Waals surface area contributed by atoms with E-state index in [0.717, 1.165) is 37.2 Å². The van der Waals surface area contributed by atoms with Crippen molar-refractivity contribution in [3.05, 3.63) is 23.9 Å². The summed E-state index contributed by atoms with van der Waals surface area (Å²) in [5.74, 6) is 1.22. The number of hydrogen-bond acceptors (Lipinski definition) is 6. The maximum absolute atomic E-state index is 12.8. The zero-order valence-corrected chi connectivity index (χ0v) is 16.2. The monoisotopic (exact) mass is 372 g/mol. The summed E-state index contributed by atoms with van der Waals surface area (Å²) in [6.45, 7) is 7.94. The smallest absolute Gasteiger partial charge is 0.328 e. The van der Waals surface area contributed by atoms with Crippen molar-refractivity contribution in [3.63, 3.8) is 0 Å². The summed E-state index contributed by atoms with van der Waals surface area (Å²) in [5, 5.41) is 6.46. The minimum atomic E-state index is -0.534. The van der Waals surface area contributed by atoms with Crippen molar-refractivity contribution in [1.82, 2.24) is 20.1 Å². The van der Waals surface area contributed by atoms with Crippen molar-refractivity contribution >= 4 is 23.6 Å². The summed E-state index contributed by atoms with van der Waals surface area (Å²) < 4.78 is 0. The van der Waals surface area contributed by atoms with Gasteiger partial charge in [0.15, 0.2) is 6.17 Å². The Labute approximate surface area is 160 Å². The van der Waals surface area contributed by atoms with Crippen LogP contribution in [0, 0.1) is 0 Å². The number of aliphatic imine (C=N–C) groups is 1. The molecule has 8 heteroatoms. The van der Waals surface area contributed by atoms with Crippen LogP contribution in [0.4, 0.5) is 10.6 Å². The highest BCUT2D eigenvalue weighted by Crippen LogP contribution is 2.25. The fraction of sp³-hybridized carbons (Fsp3) is 0.579. The van der Waals surface area contributed by atoms with Crippen LogP contribution in [-0.2, 0) is 4.79 Å². The molecule has 3 heterocycles. The number of imide groups is 1. The van der Waals surface area contributed by atoms with Gasteiger partial charge < -0.3 is 10.6 Å². The topological polar surface area (TPSA) is 89.9 Å². The Morgan fingerprint density at radius 1 is 1.11 bits per heavy atom. The number of aromatic nitrogens is 1. The van der Waals surface area contributed by atoms with Gasteiger partial charge in [-0.2, -0.15) is 0 Å². The summed E-state index contributed by atoms with van der Waals surface area (Å²) in [4.78, 5) is 37.7. The van der Waals surface area contributed by atoms with E-state index in [2.05, 4.69) is 27.5 Å². The van der Waals surface area contributed by atoms with Gasteiger partial charge in [-0.1, -0.05) is 20.8 Å². The molecule has 27 heavy (non-hydrogen) atoms. The molecule has 2 aliphatic rings. The predicted octanol–water partition coefficient (Wildman–Crippen LogP) is 2.03. The number of urea groups is 1. The first-order valence-corrected chi connectivity index (χ1v) is 9.77. The van der Waals surface area contributed by atoms with E-state index in [1.165, 1.54) is 4.90 Å². The van der Waals surface area contributed by atoms with Gasteiger partial charge in [-0.25, -0.2) is 14.8 Å². The minimum Gasteiger partial charge on any atom is -0.370 e. The summed E-state index contributed by atoms with van der Waals surface area (Å²) in [6, 6.07) is 3.05.